The minimum absolute atomic E-state index is 0.0197. The standard InChI is InChI=1S/C17H23N5O3/c1-10-8-11(6-7-18-10)16(23)20-17-19-15(21-22-17)13-5-4-12(24-2)9-14(13)25-3/h4-5,9-11,18H,6-8H2,1-3H3,(H2,19,20,21,22,23)/t10-,11-/m0/s1. The molecule has 2 atom stereocenters. The second-order valence-corrected chi connectivity index (χ2v) is 6.14. The molecule has 1 aromatic carbocycles. The maximum Gasteiger partial charge on any atom is 0.249 e. The molecule has 1 aliphatic rings. The number of amides is 1. The normalized spacial score (nSPS) is 20.1. The summed E-state index contributed by atoms with van der Waals surface area (Å²) in [5, 5.41) is 13.1. The minimum atomic E-state index is -0.0411. The van der Waals surface area contributed by atoms with Crippen molar-refractivity contribution in [3.05, 3.63) is 18.2 Å². The summed E-state index contributed by atoms with van der Waals surface area (Å²) in [6.07, 6.45) is 1.63. The first kappa shape index (κ1) is 17.2. The Morgan fingerprint density at radius 3 is 2.88 bits per heavy atom. The summed E-state index contributed by atoms with van der Waals surface area (Å²) in [7, 11) is 3.17. The van der Waals surface area contributed by atoms with E-state index in [0.29, 0.717) is 23.4 Å². The molecule has 3 rings (SSSR count). The van der Waals surface area contributed by atoms with Gasteiger partial charge in [0.1, 0.15) is 11.5 Å². The average molecular weight is 345 g/mol. The second-order valence-electron chi connectivity index (χ2n) is 6.14. The van der Waals surface area contributed by atoms with E-state index in [-0.39, 0.29) is 17.8 Å². The van der Waals surface area contributed by atoms with Gasteiger partial charge in [0.2, 0.25) is 11.9 Å². The van der Waals surface area contributed by atoms with Crippen LogP contribution in [0.5, 0.6) is 11.5 Å². The summed E-state index contributed by atoms with van der Waals surface area (Å²) in [6, 6.07) is 5.76. The van der Waals surface area contributed by atoms with Crippen LogP contribution in [-0.2, 0) is 4.79 Å². The third-order valence-electron chi connectivity index (χ3n) is 4.38. The van der Waals surface area contributed by atoms with Crippen LogP contribution in [0.4, 0.5) is 5.95 Å². The molecule has 0 aliphatic carbocycles. The van der Waals surface area contributed by atoms with Crippen LogP contribution in [0, 0.1) is 5.92 Å². The Labute approximate surface area is 146 Å². The monoisotopic (exact) mass is 345 g/mol. The van der Waals surface area contributed by atoms with E-state index in [4.69, 9.17) is 9.47 Å². The molecular formula is C17H23N5O3. The molecule has 0 bridgehead atoms. The van der Waals surface area contributed by atoms with Gasteiger partial charge in [-0.3, -0.25) is 15.2 Å². The summed E-state index contributed by atoms with van der Waals surface area (Å²) in [4.78, 5) is 16.8. The van der Waals surface area contributed by atoms with E-state index in [2.05, 4.69) is 32.7 Å². The first-order valence-corrected chi connectivity index (χ1v) is 8.29. The van der Waals surface area contributed by atoms with Gasteiger partial charge in [-0.05, 0) is 38.4 Å². The van der Waals surface area contributed by atoms with Gasteiger partial charge in [0, 0.05) is 18.0 Å². The van der Waals surface area contributed by atoms with Gasteiger partial charge >= 0.3 is 0 Å². The van der Waals surface area contributed by atoms with Gasteiger partial charge in [-0.15, -0.1) is 5.10 Å². The highest BCUT2D eigenvalue weighted by Crippen LogP contribution is 2.31. The number of nitrogens with zero attached hydrogens (tertiary/aromatic N) is 2. The molecule has 2 aromatic rings. The van der Waals surface area contributed by atoms with Gasteiger partial charge < -0.3 is 14.8 Å². The van der Waals surface area contributed by atoms with Gasteiger partial charge in [0.15, 0.2) is 5.82 Å². The lowest BCUT2D eigenvalue weighted by Crippen LogP contribution is -2.40. The molecule has 2 heterocycles. The van der Waals surface area contributed by atoms with Crippen molar-refractivity contribution in [2.75, 3.05) is 26.1 Å². The van der Waals surface area contributed by atoms with Crippen molar-refractivity contribution < 1.29 is 14.3 Å². The average Bonchev–Trinajstić information content (AvgIpc) is 3.09. The fourth-order valence-electron chi connectivity index (χ4n) is 3.01. The van der Waals surface area contributed by atoms with Crippen LogP contribution in [0.1, 0.15) is 19.8 Å². The first-order chi connectivity index (χ1) is 12.1. The second kappa shape index (κ2) is 7.52. The summed E-state index contributed by atoms with van der Waals surface area (Å²) in [5.41, 5.74) is 0.742. The SMILES string of the molecule is COc1ccc(-c2nc(NC(=O)[C@H]3CCN[C@@H](C)C3)n[nH]2)c(OC)c1. The molecule has 1 fully saturated rings. The highest BCUT2D eigenvalue weighted by Gasteiger charge is 2.25. The van der Waals surface area contributed by atoms with E-state index in [1.54, 1.807) is 20.3 Å². The molecule has 0 radical (unpaired) electrons. The smallest absolute Gasteiger partial charge is 0.249 e. The van der Waals surface area contributed by atoms with Gasteiger partial charge in [0.25, 0.3) is 0 Å². The van der Waals surface area contributed by atoms with Crippen LogP contribution in [0.2, 0.25) is 0 Å². The lowest BCUT2D eigenvalue weighted by molar-refractivity contribution is -0.120. The molecule has 25 heavy (non-hydrogen) atoms. The van der Waals surface area contributed by atoms with E-state index < -0.39 is 0 Å². The van der Waals surface area contributed by atoms with Gasteiger partial charge in [-0.1, -0.05) is 0 Å². The highest BCUT2D eigenvalue weighted by molar-refractivity contribution is 5.91. The number of piperidine rings is 1. The van der Waals surface area contributed by atoms with Crippen molar-refractivity contribution in [1.82, 2.24) is 20.5 Å². The first-order valence-electron chi connectivity index (χ1n) is 8.29. The van der Waals surface area contributed by atoms with Crippen molar-refractivity contribution in [3.8, 4) is 22.9 Å². The number of hydrogen-bond acceptors (Lipinski definition) is 6. The Balaban J connectivity index is 1.73. The molecule has 0 saturated carbocycles. The van der Waals surface area contributed by atoms with Crippen molar-refractivity contribution in [2.45, 2.75) is 25.8 Å². The number of aromatic amines is 1. The van der Waals surface area contributed by atoms with Gasteiger partial charge in [-0.2, -0.15) is 4.98 Å². The van der Waals surface area contributed by atoms with E-state index in [9.17, 15) is 4.79 Å². The number of carbonyl (C=O) groups excluding carboxylic acids is 1. The molecule has 1 aromatic heterocycles. The van der Waals surface area contributed by atoms with Crippen LogP contribution in [-0.4, -0.2) is 47.9 Å². The molecule has 1 amide bonds. The Morgan fingerprint density at radius 2 is 2.16 bits per heavy atom. The number of H-pyrrole nitrogens is 1. The number of rotatable bonds is 5. The zero-order valence-corrected chi connectivity index (χ0v) is 14.6. The maximum absolute atomic E-state index is 12.4. The number of anilines is 1. The van der Waals surface area contributed by atoms with E-state index >= 15 is 0 Å². The Bertz CT molecular complexity index is 746. The van der Waals surface area contributed by atoms with E-state index in [1.807, 2.05) is 12.1 Å². The highest BCUT2D eigenvalue weighted by atomic mass is 16.5. The number of nitrogens with one attached hydrogen (secondary N) is 3. The van der Waals surface area contributed by atoms with Crippen molar-refractivity contribution in [1.29, 1.82) is 0 Å². The largest absolute Gasteiger partial charge is 0.497 e. The summed E-state index contributed by atoms with van der Waals surface area (Å²) < 4.78 is 10.6. The topological polar surface area (TPSA) is 101 Å². The number of methoxy groups -OCH3 is 2. The zero-order chi connectivity index (χ0) is 17.8. The van der Waals surface area contributed by atoms with E-state index in [0.717, 1.165) is 24.9 Å². The maximum atomic E-state index is 12.4. The summed E-state index contributed by atoms with van der Waals surface area (Å²) in [6.45, 7) is 2.93. The predicted molar refractivity (Wildman–Crippen MR) is 93.7 cm³/mol. The summed E-state index contributed by atoms with van der Waals surface area (Å²) >= 11 is 0. The molecule has 1 aliphatic heterocycles. The van der Waals surface area contributed by atoms with Gasteiger partial charge in [0.05, 0.1) is 19.8 Å². The molecule has 8 nitrogen and oxygen atoms in total. The fourth-order valence-corrected chi connectivity index (χ4v) is 3.01. The molecule has 8 heteroatoms. The van der Waals surface area contributed by atoms with Crippen LogP contribution < -0.4 is 20.1 Å². The molecule has 1 saturated heterocycles. The number of aromatic nitrogens is 3. The van der Waals surface area contributed by atoms with Crippen LogP contribution in [0.25, 0.3) is 11.4 Å². The molecular weight excluding hydrogens is 322 g/mol. The summed E-state index contributed by atoms with van der Waals surface area (Å²) in [5.74, 6) is 2.03. The number of carbonyl (C=O) groups is 1. The lowest BCUT2D eigenvalue weighted by atomic mass is 9.92. The lowest BCUT2D eigenvalue weighted by Gasteiger charge is -2.26. The van der Waals surface area contributed by atoms with Crippen molar-refractivity contribution >= 4 is 11.9 Å². The van der Waals surface area contributed by atoms with Gasteiger partial charge in [-0.25, -0.2) is 0 Å². The molecule has 3 N–H and O–H groups in total. The fraction of sp³-hybridized carbons (Fsp3) is 0.471. The number of hydrogen-bond donors (Lipinski definition) is 3. The molecule has 134 valence electrons. The van der Waals surface area contributed by atoms with Crippen molar-refractivity contribution in [3.63, 3.8) is 0 Å². The Morgan fingerprint density at radius 1 is 1.32 bits per heavy atom. The van der Waals surface area contributed by atoms with Crippen LogP contribution in [0.15, 0.2) is 18.2 Å². The van der Waals surface area contributed by atoms with E-state index in [1.165, 1.54) is 0 Å². The zero-order valence-electron chi connectivity index (χ0n) is 14.6. The minimum Gasteiger partial charge on any atom is -0.497 e. The Kier molecular flexibility index (Phi) is 5.18. The predicted octanol–water partition coefficient (Wildman–Crippen LogP) is 1.82. The molecule has 0 unspecified atom stereocenters. The van der Waals surface area contributed by atoms with Crippen LogP contribution in [0.3, 0.4) is 0 Å². The number of ether oxygens (including phenoxy) is 2. The Hall–Kier alpha value is -2.61. The number of benzene rings is 1. The third-order valence-corrected chi connectivity index (χ3v) is 4.38. The quantitative estimate of drug-likeness (QED) is 0.764. The third kappa shape index (κ3) is 3.90. The van der Waals surface area contributed by atoms with Crippen molar-refractivity contribution in [2.24, 2.45) is 5.92 Å². The molecule has 0 spiro atoms. The van der Waals surface area contributed by atoms with Crippen LogP contribution >= 0.6 is 0 Å².